The van der Waals surface area contributed by atoms with E-state index in [2.05, 4.69) is 0 Å². The van der Waals surface area contributed by atoms with Crippen molar-refractivity contribution >= 4 is 52.2 Å². The van der Waals surface area contributed by atoms with Gasteiger partial charge >= 0.3 is 0 Å². The molecule has 0 saturated carbocycles. The zero-order valence-electron chi connectivity index (χ0n) is 15.9. The number of halogens is 2. The van der Waals surface area contributed by atoms with Gasteiger partial charge in [0.15, 0.2) is 0 Å². The predicted molar refractivity (Wildman–Crippen MR) is 117 cm³/mol. The molecular weight excluding hydrogens is 433 g/mol. The van der Waals surface area contributed by atoms with Gasteiger partial charge in [0.1, 0.15) is 11.5 Å². The van der Waals surface area contributed by atoms with E-state index in [0.717, 1.165) is 11.8 Å². The molecule has 3 rings (SSSR count). The molecule has 1 aliphatic rings. The molecule has 2 aromatic carbocycles. The van der Waals surface area contributed by atoms with Crippen LogP contribution in [0.4, 0.5) is 4.79 Å². The molecule has 29 heavy (non-hydrogen) atoms. The predicted octanol–water partition coefficient (Wildman–Crippen LogP) is 6.03. The van der Waals surface area contributed by atoms with Gasteiger partial charge in [-0.15, -0.1) is 0 Å². The Morgan fingerprint density at radius 3 is 2.48 bits per heavy atom. The molecule has 1 aliphatic heterocycles. The minimum Gasteiger partial charge on any atom is -0.494 e. The molecule has 152 valence electrons. The minimum atomic E-state index is -0.373. The number of imide groups is 1. The maximum Gasteiger partial charge on any atom is 0.293 e. The topological polar surface area (TPSA) is 55.8 Å². The first kappa shape index (κ1) is 21.6. The van der Waals surface area contributed by atoms with Gasteiger partial charge in [-0.2, -0.15) is 0 Å². The Kier molecular flexibility index (Phi) is 7.11. The number of carbonyl (C=O) groups is 2. The maximum atomic E-state index is 12.8. The van der Waals surface area contributed by atoms with Gasteiger partial charge in [-0.1, -0.05) is 29.3 Å². The number of amides is 2. The lowest BCUT2D eigenvalue weighted by Crippen LogP contribution is -2.27. The number of hydrogen-bond acceptors (Lipinski definition) is 5. The summed E-state index contributed by atoms with van der Waals surface area (Å²) in [5.74, 6) is 0.895. The van der Waals surface area contributed by atoms with Crippen LogP contribution in [-0.4, -0.2) is 29.3 Å². The van der Waals surface area contributed by atoms with Crippen LogP contribution in [0, 0.1) is 0 Å². The zero-order valence-corrected chi connectivity index (χ0v) is 18.2. The molecule has 0 unspecified atom stereocenters. The summed E-state index contributed by atoms with van der Waals surface area (Å²) in [5, 5.41) is 0.550. The van der Waals surface area contributed by atoms with Crippen molar-refractivity contribution in [2.75, 3.05) is 13.2 Å². The van der Waals surface area contributed by atoms with E-state index in [1.807, 2.05) is 13.8 Å². The maximum absolute atomic E-state index is 12.8. The second-order valence-electron chi connectivity index (χ2n) is 6.07. The normalized spacial score (nSPS) is 15.3. The molecule has 2 amide bonds. The van der Waals surface area contributed by atoms with Crippen LogP contribution in [-0.2, 0) is 11.3 Å². The van der Waals surface area contributed by atoms with Crippen LogP contribution >= 0.6 is 35.0 Å². The Morgan fingerprint density at radius 2 is 1.79 bits per heavy atom. The fourth-order valence-electron chi connectivity index (χ4n) is 2.77. The summed E-state index contributed by atoms with van der Waals surface area (Å²) in [6.07, 6.45) is 1.66. The average Bonchev–Trinajstić information content (AvgIpc) is 2.93. The van der Waals surface area contributed by atoms with Crippen LogP contribution < -0.4 is 9.47 Å². The molecular formula is C21H19Cl2NO4S. The van der Waals surface area contributed by atoms with Crippen LogP contribution in [0.15, 0.2) is 41.3 Å². The van der Waals surface area contributed by atoms with Crippen LogP contribution in [0.2, 0.25) is 10.0 Å². The summed E-state index contributed by atoms with van der Waals surface area (Å²) < 4.78 is 11.2. The number of benzene rings is 2. The molecule has 0 atom stereocenters. The number of thioether (sulfide) groups is 1. The zero-order chi connectivity index (χ0) is 21.0. The summed E-state index contributed by atoms with van der Waals surface area (Å²) in [4.78, 5) is 26.7. The van der Waals surface area contributed by atoms with Crippen molar-refractivity contribution in [1.29, 1.82) is 0 Å². The number of nitrogens with zero attached hydrogens (tertiary/aromatic N) is 1. The summed E-state index contributed by atoms with van der Waals surface area (Å²) in [5.41, 5.74) is 1.35. The third-order valence-electron chi connectivity index (χ3n) is 4.10. The number of hydrogen-bond donors (Lipinski definition) is 0. The summed E-state index contributed by atoms with van der Waals surface area (Å²) in [6, 6.07) is 10.3. The molecule has 8 heteroatoms. The molecule has 2 aromatic rings. The van der Waals surface area contributed by atoms with Gasteiger partial charge < -0.3 is 9.47 Å². The quantitative estimate of drug-likeness (QED) is 0.481. The third-order valence-corrected chi connectivity index (χ3v) is 5.59. The monoisotopic (exact) mass is 451 g/mol. The highest BCUT2D eigenvalue weighted by molar-refractivity contribution is 8.18. The van der Waals surface area contributed by atoms with E-state index in [1.165, 1.54) is 4.90 Å². The van der Waals surface area contributed by atoms with Crippen LogP contribution in [0.1, 0.15) is 25.0 Å². The van der Waals surface area contributed by atoms with E-state index in [4.69, 9.17) is 32.7 Å². The number of rotatable bonds is 7. The molecule has 1 fully saturated rings. The SMILES string of the molecule is CCOc1ccc(/C=C2/SC(=O)N(Cc3ccc(Cl)cc3Cl)C2=O)c(OCC)c1. The first-order valence-electron chi connectivity index (χ1n) is 9.01. The van der Waals surface area contributed by atoms with Crippen molar-refractivity contribution in [2.45, 2.75) is 20.4 Å². The molecule has 1 saturated heterocycles. The van der Waals surface area contributed by atoms with Crippen molar-refractivity contribution in [3.05, 3.63) is 62.5 Å². The minimum absolute atomic E-state index is 0.0829. The van der Waals surface area contributed by atoms with Gasteiger partial charge in [-0.3, -0.25) is 14.5 Å². The largest absolute Gasteiger partial charge is 0.494 e. The summed E-state index contributed by atoms with van der Waals surface area (Å²) in [7, 11) is 0. The fraction of sp³-hybridized carbons (Fsp3) is 0.238. The van der Waals surface area contributed by atoms with E-state index in [-0.39, 0.29) is 17.7 Å². The van der Waals surface area contributed by atoms with Crippen LogP contribution in [0.25, 0.3) is 6.08 Å². The Balaban J connectivity index is 1.86. The van der Waals surface area contributed by atoms with Gasteiger partial charge in [0, 0.05) is 21.7 Å². The molecule has 0 radical (unpaired) electrons. The Bertz CT molecular complexity index is 977. The van der Waals surface area contributed by atoms with Crippen molar-refractivity contribution < 1.29 is 19.1 Å². The third kappa shape index (κ3) is 5.07. The van der Waals surface area contributed by atoms with E-state index in [9.17, 15) is 9.59 Å². The first-order chi connectivity index (χ1) is 13.9. The van der Waals surface area contributed by atoms with Crippen LogP contribution in [0.3, 0.4) is 0 Å². The number of ether oxygens (including phenoxy) is 2. The van der Waals surface area contributed by atoms with E-state index in [1.54, 1.807) is 42.5 Å². The number of carbonyl (C=O) groups excluding carboxylic acids is 2. The molecule has 0 bridgehead atoms. The average molecular weight is 452 g/mol. The second-order valence-corrected chi connectivity index (χ2v) is 7.91. The highest BCUT2D eigenvalue weighted by Crippen LogP contribution is 2.36. The highest BCUT2D eigenvalue weighted by Gasteiger charge is 2.35. The van der Waals surface area contributed by atoms with Gasteiger partial charge in [0.25, 0.3) is 11.1 Å². The van der Waals surface area contributed by atoms with Crippen molar-refractivity contribution in [3.63, 3.8) is 0 Å². The molecule has 0 spiro atoms. The molecule has 0 aromatic heterocycles. The van der Waals surface area contributed by atoms with Crippen molar-refractivity contribution in [1.82, 2.24) is 4.90 Å². The lowest BCUT2D eigenvalue weighted by atomic mass is 10.1. The van der Waals surface area contributed by atoms with Gasteiger partial charge in [0.2, 0.25) is 0 Å². The molecule has 0 N–H and O–H groups in total. The lowest BCUT2D eigenvalue weighted by molar-refractivity contribution is -0.123. The molecule has 0 aliphatic carbocycles. The Hall–Kier alpha value is -2.15. The standard InChI is InChI=1S/C21H19Cl2NO4S/c1-3-27-16-8-6-13(18(11-16)28-4-2)9-19-20(25)24(21(26)29-19)12-14-5-7-15(22)10-17(14)23/h5-11H,3-4,12H2,1-2H3/b19-9+. The Labute approximate surface area is 183 Å². The summed E-state index contributed by atoms with van der Waals surface area (Å²) in [6.45, 7) is 4.86. The highest BCUT2D eigenvalue weighted by atomic mass is 35.5. The smallest absolute Gasteiger partial charge is 0.293 e. The van der Waals surface area contributed by atoms with Crippen molar-refractivity contribution in [2.24, 2.45) is 0 Å². The first-order valence-corrected chi connectivity index (χ1v) is 10.6. The fourth-order valence-corrected chi connectivity index (χ4v) is 4.07. The van der Waals surface area contributed by atoms with E-state index < -0.39 is 0 Å². The van der Waals surface area contributed by atoms with E-state index in [0.29, 0.717) is 50.8 Å². The van der Waals surface area contributed by atoms with Gasteiger partial charge in [-0.05, 0) is 61.5 Å². The molecule has 1 heterocycles. The van der Waals surface area contributed by atoms with Gasteiger partial charge in [0.05, 0.1) is 24.7 Å². The van der Waals surface area contributed by atoms with Gasteiger partial charge in [-0.25, -0.2) is 0 Å². The van der Waals surface area contributed by atoms with Crippen LogP contribution in [0.5, 0.6) is 11.5 Å². The summed E-state index contributed by atoms with van der Waals surface area (Å²) >= 11 is 13.0. The Morgan fingerprint density at radius 1 is 1.03 bits per heavy atom. The lowest BCUT2D eigenvalue weighted by Gasteiger charge is -2.14. The second kappa shape index (κ2) is 9.57. The van der Waals surface area contributed by atoms with E-state index >= 15 is 0 Å². The molecule has 5 nitrogen and oxygen atoms in total. The van der Waals surface area contributed by atoms with Crippen molar-refractivity contribution in [3.8, 4) is 11.5 Å².